The number of alkyl halides is 3. The van der Waals surface area contributed by atoms with Crippen LogP contribution >= 0.6 is 11.8 Å². The van der Waals surface area contributed by atoms with Crippen molar-refractivity contribution in [3.8, 4) is 0 Å². The molecule has 0 atom stereocenters. The molecule has 1 aromatic carbocycles. The van der Waals surface area contributed by atoms with E-state index in [1.54, 1.807) is 0 Å². The van der Waals surface area contributed by atoms with Crippen LogP contribution in [-0.2, 0) is 4.79 Å². The normalized spacial score (nSPS) is 14.9. The molecule has 0 saturated heterocycles. The van der Waals surface area contributed by atoms with E-state index in [0.717, 1.165) is 4.90 Å². The molecule has 0 radical (unpaired) electrons. The van der Waals surface area contributed by atoms with Crippen LogP contribution in [0.25, 0.3) is 0 Å². The molecule has 0 aromatic heterocycles. The van der Waals surface area contributed by atoms with Crippen LogP contribution in [0.1, 0.15) is 10.4 Å². The zero-order valence-corrected chi connectivity index (χ0v) is 10.4. The van der Waals surface area contributed by atoms with Crippen molar-refractivity contribution in [2.75, 3.05) is 17.2 Å². The first kappa shape index (κ1) is 14.8. The summed E-state index contributed by atoms with van der Waals surface area (Å²) in [7, 11) is 0. The standard InChI is InChI=1S/C11H6F5NO2S/c12-6-3-5-8(4-7(6)13)17(10(19)9(5)18)1-2-20-11(14,15)16/h3-4H,1-2H2. The maximum absolute atomic E-state index is 13.1. The van der Waals surface area contributed by atoms with E-state index < -0.39 is 41.1 Å². The number of amides is 1. The Bertz CT molecular complexity index is 587. The smallest absolute Gasteiger partial charge is 0.304 e. The van der Waals surface area contributed by atoms with Gasteiger partial charge in [-0.25, -0.2) is 8.78 Å². The summed E-state index contributed by atoms with van der Waals surface area (Å²) in [4.78, 5) is 23.8. The number of nitrogens with zero attached hydrogens (tertiary/aromatic N) is 1. The molecule has 1 heterocycles. The van der Waals surface area contributed by atoms with Crippen LogP contribution in [0.2, 0.25) is 0 Å². The first-order valence-electron chi connectivity index (χ1n) is 5.26. The molecule has 20 heavy (non-hydrogen) atoms. The quantitative estimate of drug-likeness (QED) is 0.636. The number of anilines is 1. The van der Waals surface area contributed by atoms with Crippen LogP contribution in [0.15, 0.2) is 12.1 Å². The molecular weight excluding hydrogens is 305 g/mol. The molecule has 0 fully saturated rings. The number of halogens is 5. The average molecular weight is 311 g/mol. The summed E-state index contributed by atoms with van der Waals surface area (Å²) in [6.45, 7) is -0.424. The van der Waals surface area contributed by atoms with Crippen molar-refractivity contribution in [3.05, 3.63) is 29.3 Å². The lowest BCUT2D eigenvalue weighted by Gasteiger charge is -2.16. The van der Waals surface area contributed by atoms with Gasteiger partial charge in [0.25, 0.3) is 11.7 Å². The van der Waals surface area contributed by atoms with Gasteiger partial charge in [0.1, 0.15) is 0 Å². The second-order valence-electron chi connectivity index (χ2n) is 3.86. The van der Waals surface area contributed by atoms with Crippen molar-refractivity contribution in [1.82, 2.24) is 0 Å². The van der Waals surface area contributed by atoms with Gasteiger partial charge < -0.3 is 4.90 Å². The fourth-order valence-corrected chi connectivity index (χ4v) is 2.27. The number of fused-ring (bicyclic) bond motifs is 1. The zero-order valence-electron chi connectivity index (χ0n) is 9.63. The Labute approximate surface area is 113 Å². The third kappa shape index (κ3) is 2.77. The predicted molar refractivity (Wildman–Crippen MR) is 61.6 cm³/mol. The van der Waals surface area contributed by atoms with Gasteiger partial charge in [-0.3, -0.25) is 9.59 Å². The van der Waals surface area contributed by atoms with E-state index in [0.29, 0.717) is 12.1 Å². The highest BCUT2D eigenvalue weighted by Gasteiger charge is 2.37. The Balaban J connectivity index is 2.22. The number of benzene rings is 1. The molecular formula is C11H6F5NO2S. The Kier molecular flexibility index (Phi) is 3.72. The van der Waals surface area contributed by atoms with Gasteiger partial charge in [0.05, 0.1) is 11.3 Å². The largest absolute Gasteiger partial charge is 0.441 e. The minimum Gasteiger partial charge on any atom is -0.304 e. The molecule has 1 aliphatic heterocycles. The van der Waals surface area contributed by atoms with Crippen LogP contribution in [0.3, 0.4) is 0 Å². The van der Waals surface area contributed by atoms with Crippen molar-refractivity contribution in [2.24, 2.45) is 0 Å². The topological polar surface area (TPSA) is 37.4 Å². The van der Waals surface area contributed by atoms with Crippen molar-refractivity contribution in [1.29, 1.82) is 0 Å². The minimum atomic E-state index is -4.47. The molecule has 3 nitrogen and oxygen atoms in total. The summed E-state index contributed by atoms with van der Waals surface area (Å²) >= 11 is -0.367. The van der Waals surface area contributed by atoms with Crippen molar-refractivity contribution in [2.45, 2.75) is 5.51 Å². The number of Topliss-reactive ketones (excluding diaryl/α,β-unsaturated/α-hetero) is 1. The highest BCUT2D eigenvalue weighted by Crippen LogP contribution is 2.33. The molecule has 0 N–H and O–H groups in total. The zero-order chi connectivity index (χ0) is 15.1. The van der Waals surface area contributed by atoms with E-state index in [9.17, 15) is 31.5 Å². The van der Waals surface area contributed by atoms with Crippen molar-refractivity contribution in [3.63, 3.8) is 0 Å². The molecule has 1 aliphatic rings. The molecule has 1 amide bonds. The Hall–Kier alpha value is -1.64. The first-order valence-corrected chi connectivity index (χ1v) is 6.25. The monoisotopic (exact) mass is 311 g/mol. The summed E-state index contributed by atoms with van der Waals surface area (Å²) in [5.74, 6) is -5.24. The lowest BCUT2D eigenvalue weighted by atomic mass is 10.1. The van der Waals surface area contributed by atoms with Crippen LogP contribution in [-0.4, -0.2) is 29.5 Å². The SMILES string of the molecule is O=C1C(=O)N(CCSC(F)(F)F)c2cc(F)c(F)cc21. The van der Waals surface area contributed by atoms with Crippen LogP contribution < -0.4 is 4.90 Å². The van der Waals surface area contributed by atoms with Crippen LogP contribution in [0.4, 0.5) is 27.6 Å². The summed E-state index contributed by atoms with van der Waals surface area (Å²) in [5.41, 5.74) is -5.02. The average Bonchev–Trinajstić information content (AvgIpc) is 2.54. The van der Waals surface area contributed by atoms with Crippen LogP contribution in [0, 0.1) is 11.6 Å². The lowest BCUT2D eigenvalue weighted by molar-refractivity contribution is -0.114. The number of thioether (sulfide) groups is 1. The van der Waals surface area contributed by atoms with Gasteiger partial charge >= 0.3 is 5.51 Å². The van der Waals surface area contributed by atoms with E-state index in [-0.39, 0.29) is 23.0 Å². The van der Waals surface area contributed by atoms with Crippen molar-refractivity contribution >= 4 is 29.1 Å². The molecule has 0 aliphatic carbocycles. The van der Waals surface area contributed by atoms with E-state index >= 15 is 0 Å². The number of rotatable bonds is 3. The molecule has 0 saturated carbocycles. The highest BCUT2D eigenvalue weighted by molar-refractivity contribution is 8.00. The van der Waals surface area contributed by atoms with Crippen molar-refractivity contribution < 1.29 is 31.5 Å². The van der Waals surface area contributed by atoms with E-state index in [1.165, 1.54) is 0 Å². The summed E-state index contributed by atoms with van der Waals surface area (Å²) in [6.07, 6.45) is 0. The maximum Gasteiger partial charge on any atom is 0.441 e. The second kappa shape index (κ2) is 5.04. The van der Waals surface area contributed by atoms with Gasteiger partial charge in [-0.05, 0) is 17.8 Å². The summed E-state index contributed by atoms with van der Waals surface area (Å²) in [6, 6.07) is 1.20. The number of carbonyl (C=O) groups excluding carboxylic acids is 2. The molecule has 0 spiro atoms. The molecule has 108 valence electrons. The maximum atomic E-state index is 13.1. The Morgan fingerprint density at radius 3 is 2.30 bits per heavy atom. The lowest BCUT2D eigenvalue weighted by Crippen LogP contribution is -2.32. The number of hydrogen-bond acceptors (Lipinski definition) is 3. The van der Waals surface area contributed by atoms with E-state index in [1.807, 2.05) is 0 Å². The van der Waals surface area contributed by atoms with Gasteiger partial charge in [0, 0.05) is 18.4 Å². The number of ketones is 1. The molecule has 2 rings (SSSR count). The Morgan fingerprint density at radius 2 is 1.70 bits per heavy atom. The third-order valence-electron chi connectivity index (χ3n) is 2.59. The molecule has 9 heteroatoms. The van der Waals surface area contributed by atoms with E-state index in [2.05, 4.69) is 0 Å². The first-order chi connectivity index (χ1) is 9.20. The molecule has 0 bridgehead atoms. The predicted octanol–water partition coefficient (Wildman–Crippen LogP) is 2.75. The third-order valence-corrected chi connectivity index (χ3v) is 3.31. The van der Waals surface area contributed by atoms with Gasteiger partial charge in [-0.15, -0.1) is 0 Å². The van der Waals surface area contributed by atoms with Gasteiger partial charge in [0.2, 0.25) is 0 Å². The fourth-order valence-electron chi connectivity index (χ4n) is 1.76. The summed E-state index contributed by atoms with van der Waals surface area (Å²) in [5, 5.41) is 0. The molecule has 1 aromatic rings. The molecule has 0 unspecified atom stereocenters. The number of carbonyl (C=O) groups is 2. The second-order valence-corrected chi connectivity index (χ2v) is 5.02. The van der Waals surface area contributed by atoms with Gasteiger partial charge in [-0.2, -0.15) is 13.2 Å². The minimum absolute atomic E-state index is 0.207. The van der Waals surface area contributed by atoms with Gasteiger partial charge in [0.15, 0.2) is 11.6 Å². The van der Waals surface area contributed by atoms with E-state index in [4.69, 9.17) is 0 Å². The Morgan fingerprint density at radius 1 is 1.10 bits per heavy atom. The number of hydrogen-bond donors (Lipinski definition) is 0. The fraction of sp³-hybridized carbons (Fsp3) is 0.273. The summed E-state index contributed by atoms with van der Waals surface area (Å²) < 4.78 is 62.1. The van der Waals surface area contributed by atoms with Crippen LogP contribution in [0.5, 0.6) is 0 Å². The highest BCUT2D eigenvalue weighted by atomic mass is 32.2. The van der Waals surface area contributed by atoms with Gasteiger partial charge in [-0.1, -0.05) is 0 Å².